The van der Waals surface area contributed by atoms with Gasteiger partial charge in [0, 0.05) is 29.9 Å². The van der Waals surface area contributed by atoms with Crippen molar-refractivity contribution in [3.05, 3.63) is 90.5 Å². The maximum absolute atomic E-state index is 12.7. The molecule has 2 aromatic rings. The third-order valence-electron chi connectivity index (χ3n) is 3.95. The van der Waals surface area contributed by atoms with Gasteiger partial charge in [-0.3, -0.25) is 10.1 Å². The second kappa shape index (κ2) is 11.6. The Hall–Kier alpha value is -2.78. The van der Waals surface area contributed by atoms with Gasteiger partial charge in [0.1, 0.15) is 0 Å². The Morgan fingerprint density at radius 1 is 1.03 bits per heavy atom. The molecular formula is C22H22ClN3O3S2. The number of thiocarbonyl (C=S) groups is 1. The fourth-order valence-corrected chi connectivity index (χ4v) is 4.21. The van der Waals surface area contributed by atoms with Gasteiger partial charge in [0.2, 0.25) is 15.9 Å². The molecule has 0 spiro atoms. The molecule has 31 heavy (non-hydrogen) atoms. The second-order valence-electron chi connectivity index (χ2n) is 6.25. The number of carbonyl (C=O) groups excluding carboxylic acids is 1. The van der Waals surface area contributed by atoms with Crippen LogP contribution in [0.1, 0.15) is 5.56 Å². The molecule has 0 saturated heterocycles. The summed E-state index contributed by atoms with van der Waals surface area (Å²) in [4.78, 5) is 12.1. The Bertz CT molecular complexity index is 1070. The first-order valence-corrected chi connectivity index (χ1v) is 11.4. The number of rotatable bonds is 9. The summed E-state index contributed by atoms with van der Waals surface area (Å²) in [7, 11) is -3.68. The van der Waals surface area contributed by atoms with E-state index in [-0.39, 0.29) is 23.1 Å². The van der Waals surface area contributed by atoms with Gasteiger partial charge in [0.25, 0.3) is 0 Å². The fraction of sp³-hybridized carbons (Fsp3) is 0.0909. The summed E-state index contributed by atoms with van der Waals surface area (Å²) in [5, 5.41) is 6.07. The Labute approximate surface area is 193 Å². The van der Waals surface area contributed by atoms with E-state index in [0.717, 1.165) is 5.56 Å². The van der Waals surface area contributed by atoms with E-state index in [9.17, 15) is 13.2 Å². The van der Waals surface area contributed by atoms with Gasteiger partial charge >= 0.3 is 0 Å². The largest absolute Gasteiger partial charge is 0.332 e. The highest BCUT2D eigenvalue weighted by Gasteiger charge is 2.22. The van der Waals surface area contributed by atoms with E-state index >= 15 is 0 Å². The molecule has 0 unspecified atom stereocenters. The van der Waals surface area contributed by atoms with Crippen molar-refractivity contribution in [1.29, 1.82) is 0 Å². The SMILES string of the molecule is C=CCN(CC=C)S(=O)(=O)c1ccc(NC(=S)NC(=O)/C=C/c2ccc(Cl)cc2)cc1. The first kappa shape index (κ1) is 24.5. The molecule has 162 valence electrons. The summed E-state index contributed by atoms with van der Waals surface area (Å²) in [5.41, 5.74) is 1.35. The third kappa shape index (κ3) is 7.45. The van der Waals surface area contributed by atoms with Gasteiger partial charge in [-0.15, -0.1) is 13.2 Å². The van der Waals surface area contributed by atoms with Crippen molar-refractivity contribution in [3.63, 3.8) is 0 Å². The van der Waals surface area contributed by atoms with Gasteiger partial charge in [-0.1, -0.05) is 35.9 Å². The van der Waals surface area contributed by atoms with E-state index in [1.165, 1.54) is 34.7 Å². The molecule has 0 aliphatic rings. The predicted molar refractivity (Wildman–Crippen MR) is 130 cm³/mol. The lowest BCUT2D eigenvalue weighted by atomic mass is 10.2. The quantitative estimate of drug-likeness (QED) is 0.322. The highest BCUT2D eigenvalue weighted by Crippen LogP contribution is 2.18. The zero-order valence-corrected chi connectivity index (χ0v) is 19.0. The minimum atomic E-state index is -3.68. The summed E-state index contributed by atoms with van der Waals surface area (Å²) < 4.78 is 26.7. The van der Waals surface area contributed by atoms with E-state index in [1.54, 1.807) is 42.5 Å². The molecule has 0 bridgehead atoms. The monoisotopic (exact) mass is 475 g/mol. The molecule has 0 atom stereocenters. The van der Waals surface area contributed by atoms with E-state index in [1.807, 2.05) is 0 Å². The molecule has 0 fully saturated rings. The first-order valence-electron chi connectivity index (χ1n) is 9.14. The number of hydrogen-bond acceptors (Lipinski definition) is 4. The Balaban J connectivity index is 1.98. The van der Waals surface area contributed by atoms with Crippen LogP contribution in [0, 0.1) is 0 Å². The van der Waals surface area contributed by atoms with Crippen molar-refractivity contribution < 1.29 is 13.2 Å². The van der Waals surface area contributed by atoms with Crippen LogP contribution in [-0.4, -0.2) is 36.8 Å². The molecule has 2 N–H and O–H groups in total. The normalized spacial score (nSPS) is 11.3. The summed E-state index contributed by atoms with van der Waals surface area (Å²) in [6, 6.07) is 13.1. The lowest BCUT2D eigenvalue weighted by Crippen LogP contribution is -2.33. The second-order valence-corrected chi connectivity index (χ2v) is 9.03. The van der Waals surface area contributed by atoms with Crippen molar-refractivity contribution >= 4 is 56.6 Å². The molecular weight excluding hydrogens is 454 g/mol. The number of nitrogens with zero attached hydrogens (tertiary/aromatic N) is 1. The lowest BCUT2D eigenvalue weighted by Gasteiger charge is -2.19. The number of carbonyl (C=O) groups is 1. The third-order valence-corrected chi connectivity index (χ3v) is 6.25. The summed E-state index contributed by atoms with van der Waals surface area (Å²) in [5.74, 6) is -0.406. The topological polar surface area (TPSA) is 78.5 Å². The highest BCUT2D eigenvalue weighted by atomic mass is 35.5. The Kier molecular flexibility index (Phi) is 9.14. The van der Waals surface area contributed by atoms with Crippen molar-refractivity contribution in [1.82, 2.24) is 9.62 Å². The first-order chi connectivity index (χ1) is 14.8. The smallest absolute Gasteiger partial charge is 0.250 e. The van der Waals surface area contributed by atoms with Gasteiger partial charge in [0.15, 0.2) is 5.11 Å². The van der Waals surface area contributed by atoms with Crippen molar-refractivity contribution in [2.24, 2.45) is 0 Å². The van der Waals surface area contributed by atoms with E-state index in [2.05, 4.69) is 23.8 Å². The van der Waals surface area contributed by atoms with Crippen LogP contribution in [-0.2, 0) is 14.8 Å². The number of hydrogen-bond donors (Lipinski definition) is 2. The Morgan fingerprint density at radius 3 is 2.16 bits per heavy atom. The number of sulfonamides is 1. The van der Waals surface area contributed by atoms with Crippen LogP contribution in [0.5, 0.6) is 0 Å². The molecule has 0 aromatic heterocycles. The molecule has 9 heteroatoms. The Morgan fingerprint density at radius 2 is 1.61 bits per heavy atom. The molecule has 0 aliphatic heterocycles. The highest BCUT2D eigenvalue weighted by molar-refractivity contribution is 7.89. The number of benzene rings is 2. The van der Waals surface area contributed by atoms with Gasteiger partial charge < -0.3 is 5.32 Å². The average molecular weight is 476 g/mol. The fourth-order valence-electron chi connectivity index (χ4n) is 2.48. The summed E-state index contributed by atoms with van der Waals surface area (Å²) >= 11 is 11.0. The molecule has 6 nitrogen and oxygen atoms in total. The van der Waals surface area contributed by atoms with Crippen LogP contribution in [0.4, 0.5) is 5.69 Å². The molecule has 0 saturated carbocycles. The van der Waals surface area contributed by atoms with Crippen LogP contribution >= 0.6 is 23.8 Å². The zero-order chi connectivity index (χ0) is 22.9. The maximum atomic E-state index is 12.7. The number of halogens is 1. The van der Waals surface area contributed by atoms with E-state index in [0.29, 0.717) is 10.7 Å². The molecule has 0 heterocycles. The zero-order valence-electron chi connectivity index (χ0n) is 16.6. The number of anilines is 1. The van der Waals surface area contributed by atoms with Crippen LogP contribution in [0.3, 0.4) is 0 Å². The van der Waals surface area contributed by atoms with E-state index in [4.69, 9.17) is 23.8 Å². The van der Waals surface area contributed by atoms with Crippen molar-refractivity contribution in [2.75, 3.05) is 18.4 Å². The van der Waals surface area contributed by atoms with Gasteiger partial charge in [-0.25, -0.2) is 8.42 Å². The van der Waals surface area contributed by atoms with Gasteiger partial charge in [0.05, 0.1) is 4.90 Å². The minimum Gasteiger partial charge on any atom is -0.332 e. The predicted octanol–water partition coefficient (Wildman–Crippen LogP) is 4.23. The van der Waals surface area contributed by atoms with Gasteiger partial charge in [-0.2, -0.15) is 4.31 Å². The maximum Gasteiger partial charge on any atom is 0.250 e. The molecule has 0 aliphatic carbocycles. The molecule has 2 rings (SSSR count). The number of nitrogens with one attached hydrogen (secondary N) is 2. The van der Waals surface area contributed by atoms with Crippen molar-refractivity contribution in [2.45, 2.75) is 4.90 Å². The van der Waals surface area contributed by atoms with Crippen LogP contribution in [0.2, 0.25) is 5.02 Å². The molecule has 1 amide bonds. The minimum absolute atomic E-state index is 0.0845. The standard InChI is InChI=1S/C22H22ClN3O3S2/c1-3-15-26(16-4-2)31(28,29)20-12-10-19(11-13-20)24-22(30)25-21(27)14-7-17-5-8-18(23)9-6-17/h3-14H,1-2,15-16H2,(H2,24,25,27,30)/b14-7+. The number of amides is 1. The average Bonchev–Trinajstić information content (AvgIpc) is 2.73. The molecule has 2 aromatic carbocycles. The van der Waals surface area contributed by atoms with Gasteiger partial charge in [-0.05, 0) is 60.3 Å². The summed E-state index contributed by atoms with van der Waals surface area (Å²) in [6.45, 7) is 7.52. The van der Waals surface area contributed by atoms with Crippen LogP contribution in [0.15, 0.2) is 84.8 Å². The van der Waals surface area contributed by atoms with Crippen molar-refractivity contribution in [3.8, 4) is 0 Å². The van der Waals surface area contributed by atoms with E-state index < -0.39 is 15.9 Å². The van der Waals surface area contributed by atoms with Crippen LogP contribution in [0.25, 0.3) is 6.08 Å². The van der Waals surface area contributed by atoms with Crippen LogP contribution < -0.4 is 10.6 Å². The summed E-state index contributed by atoms with van der Waals surface area (Å²) in [6.07, 6.45) is 6.01. The lowest BCUT2D eigenvalue weighted by molar-refractivity contribution is -0.115. The molecule has 0 radical (unpaired) electrons.